The maximum atomic E-state index is 13.8. The van der Waals surface area contributed by atoms with Crippen LogP contribution in [0.5, 0.6) is 0 Å². The number of carbonyl (C=O) groups excluding carboxylic acids is 1. The summed E-state index contributed by atoms with van der Waals surface area (Å²) in [5, 5.41) is -1.13. The Kier molecular flexibility index (Phi) is 4.59. The lowest BCUT2D eigenvalue weighted by Crippen LogP contribution is -2.36. The van der Waals surface area contributed by atoms with E-state index in [0.29, 0.717) is 12.8 Å². The van der Waals surface area contributed by atoms with E-state index in [1.54, 1.807) is 0 Å². The molecule has 1 atom stereocenters. The highest BCUT2D eigenvalue weighted by Crippen LogP contribution is 2.25. The molecule has 1 saturated heterocycles. The fraction of sp³-hybridized carbons (Fsp3) is 0.462. The van der Waals surface area contributed by atoms with Crippen molar-refractivity contribution in [3.63, 3.8) is 0 Å². The highest BCUT2D eigenvalue weighted by molar-refractivity contribution is 9.10. The SMILES string of the molecule is O=C(Cc1c(F)ccc(Br)c1F)C1CCCCS1(=O)=O. The third-order valence-electron chi connectivity index (χ3n) is 3.43. The number of halogens is 3. The van der Waals surface area contributed by atoms with Crippen LogP contribution in [0.25, 0.3) is 0 Å². The Morgan fingerprint density at radius 2 is 2.00 bits per heavy atom. The Morgan fingerprint density at radius 1 is 1.30 bits per heavy atom. The molecule has 1 aromatic carbocycles. The minimum atomic E-state index is -3.48. The maximum absolute atomic E-state index is 13.8. The summed E-state index contributed by atoms with van der Waals surface area (Å²) in [6.45, 7) is 0. The van der Waals surface area contributed by atoms with Gasteiger partial charge in [-0.2, -0.15) is 0 Å². The fourth-order valence-corrected chi connectivity index (χ4v) is 4.61. The van der Waals surface area contributed by atoms with Crippen LogP contribution in [-0.2, 0) is 21.1 Å². The average molecular weight is 367 g/mol. The normalized spacial score (nSPS) is 21.6. The molecule has 1 fully saturated rings. The molecule has 0 radical (unpaired) electrons. The van der Waals surface area contributed by atoms with Gasteiger partial charge in [-0.3, -0.25) is 4.79 Å². The van der Waals surface area contributed by atoms with Crippen molar-refractivity contribution in [1.82, 2.24) is 0 Å². The van der Waals surface area contributed by atoms with Crippen LogP contribution >= 0.6 is 15.9 Å². The summed E-state index contributed by atoms with van der Waals surface area (Å²) in [6.07, 6.45) is 0.865. The van der Waals surface area contributed by atoms with Gasteiger partial charge in [-0.25, -0.2) is 17.2 Å². The first-order valence-corrected chi connectivity index (χ1v) is 8.70. The Balaban J connectivity index is 2.26. The molecule has 20 heavy (non-hydrogen) atoms. The minimum Gasteiger partial charge on any atom is -0.298 e. The minimum absolute atomic E-state index is 0.0349. The zero-order valence-electron chi connectivity index (χ0n) is 10.5. The predicted octanol–water partition coefficient (Wildman–Crippen LogP) is 2.81. The first-order chi connectivity index (χ1) is 9.33. The van der Waals surface area contributed by atoms with Crippen molar-refractivity contribution >= 4 is 31.6 Å². The number of rotatable bonds is 3. The van der Waals surface area contributed by atoms with Crippen LogP contribution in [0, 0.1) is 11.6 Å². The second kappa shape index (κ2) is 5.89. The number of sulfone groups is 1. The molecule has 0 aromatic heterocycles. The second-order valence-corrected chi connectivity index (χ2v) is 7.97. The third kappa shape index (κ3) is 3.09. The Bertz CT molecular complexity index is 643. The molecule has 1 aliphatic heterocycles. The summed E-state index contributed by atoms with van der Waals surface area (Å²) in [4.78, 5) is 12.1. The summed E-state index contributed by atoms with van der Waals surface area (Å²) in [6, 6.07) is 2.25. The molecule has 0 saturated carbocycles. The van der Waals surface area contributed by atoms with Gasteiger partial charge >= 0.3 is 0 Å². The van der Waals surface area contributed by atoms with Gasteiger partial charge in [0.25, 0.3) is 0 Å². The van der Waals surface area contributed by atoms with Crippen LogP contribution in [-0.4, -0.2) is 25.2 Å². The zero-order chi connectivity index (χ0) is 14.9. The standard InChI is InChI=1S/C13H13BrF2O3S/c14-9-4-5-10(15)8(13(9)16)7-11(17)12-3-1-2-6-20(12,18)19/h4-5,12H,1-3,6-7H2. The van der Waals surface area contributed by atoms with Gasteiger partial charge in [0.1, 0.15) is 16.9 Å². The van der Waals surface area contributed by atoms with Crippen molar-refractivity contribution in [3.8, 4) is 0 Å². The van der Waals surface area contributed by atoms with Crippen LogP contribution in [0.1, 0.15) is 24.8 Å². The first kappa shape index (κ1) is 15.6. The molecular formula is C13H13BrF2O3S. The van der Waals surface area contributed by atoms with E-state index in [-0.39, 0.29) is 22.2 Å². The van der Waals surface area contributed by atoms with Gasteiger partial charge in [-0.05, 0) is 40.9 Å². The van der Waals surface area contributed by atoms with Gasteiger partial charge in [0.2, 0.25) is 0 Å². The summed E-state index contributed by atoms with van der Waals surface area (Å²) in [7, 11) is -3.48. The molecule has 0 amide bonds. The van der Waals surface area contributed by atoms with Crippen molar-refractivity contribution in [1.29, 1.82) is 0 Å². The maximum Gasteiger partial charge on any atom is 0.160 e. The lowest BCUT2D eigenvalue weighted by Gasteiger charge is -2.21. The largest absolute Gasteiger partial charge is 0.298 e. The molecule has 1 aliphatic rings. The quantitative estimate of drug-likeness (QED) is 0.772. The van der Waals surface area contributed by atoms with Crippen molar-refractivity contribution in [2.45, 2.75) is 30.9 Å². The highest BCUT2D eigenvalue weighted by Gasteiger charge is 2.35. The summed E-state index contributed by atoms with van der Waals surface area (Å²) < 4.78 is 51.1. The monoisotopic (exact) mass is 366 g/mol. The van der Waals surface area contributed by atoms with Crippen molar-refractivity contribution < 1.29 is 22.0 Å². The van der Waals surface area contributed by atoms with E-state index in [4.69, 9.17) is 0 Å². The molecule has 0 N–H and O–H groups in total. The summed E-state index contributed by atoms with van der Waals surface area (Å²) in [5.74, 6) is -2.37. The number of benzene rings is 1. The topological polar surface area (TPSA) is 51.2 Å². The lowest BCUT2D eigenvalue weighted by molar-refractivity contribution is -0.118. The van der Waals surface area contributed by atoms with E-state index < -0.39 is 38.9 Å². The van der Waals surface area contributed by atoms with E-state index in [2.05, 4.69) is 15.9 Å². The molecule has 7 heteroatoms. The molecule has 110 valence electrons. The predicted molar refractivity (Wildman–Crippen MR) is 74.2 cm³/mol. The molecule has 0 aliphatic carbocycles. The number of Topliss-reactive ketones (excluding diaryl/α,β-unsaturated/α-hetero) is 1. The third-order valence-corrected chi connectivity index (χ3v) is 6.26. The van der Waals surface area contributed by atoms with Crippen molar-refractivity contribution in [2.75, 3.05) is 5.75 Å². The second-order valence-electron chi connectivity index (χ2n) is 4.82. The molecule has 0 spiro atoms. The number of carbonyl (C=O) groups is 1. The van der Waals surface area contributed by atoms with Gasteiger partial charge in [0, 0.05) is 12.0 Å². The molecule has 0 bridgehead atoms. The van der Waals surface area contributed by atoms with E-state index in [1.165, 1.54) is 6.07 Å². The lowest BCUT2D eigenvalue weighted by atomic mass is 10.0. The van der Waals surface area contributed by atoms with Crippen LogP contribution in [0.2, 0.25) is 0 Å². The van der Waals surface area contributed by atoms with Crippen molar-refractivity contribution in [3.05, 3.63) is 33.8 Å². The molecule has 1 unspecified atom stereocenters. The molecule has 2 rings (SSSR count). The van der Waals surface area contributed by atoms with Crippen LogP contribution in [0.3, 0.4) is 0 Å². The Morgan fingerprint density at radius 3 is 2.65 bits per heavy atom. The van der Waals surface area contributed by atoms with Crippen molar-refractivity contribution in [2.24, 2.45) is 0 Å². The number of ketones is 1. The Hall–Kier alpha value is -0.820. The molecule has 1 heterocycles. The van der Waals surface area contributed by atoms with Crippen LogP contribution in [0.4, 0.5) is 8.78 Å². The number of hydrogen-bond donors (Lipinski definition) is 0. The summed E-state index contributed by atoms with van der Waals surface area (Å²) >= 11 is 2.92. The smallest absolute Gasteiger partial charge is 0.160 e. The van der Waals surface area contributed by atoms with E-state index >= 15 is 0 Å². The molecule has 1 aromatic rings. The molecular weight excluding hydrogens is 354 g/mol. The van der Waals surface area contributed by atoms with Gasteiger partial charge in [0.05, 0.1) is 10.2 Å². The average Bonchev–Trinajstić information content (AvgIpc) is 2.38. The van der Waals surface area contributed by atoms with Gasteiger partial charge in [-0.1, -0.05) is 6.42 Å². The van der Waals surface area contributed by atoms with Gasteiger partial charge < -0.3 is 0 Å². The fourth-order valence-electron chi connectivity index (χ4n) is 2.34. The first-order valence-electron chi connectivity index (χ1n) is 6.19. The van der Waals surface area contributed by atoms with Gasteiger partial charge in [-0.15, -0.1) is 0 Å². The van der Waals surface area contributed by atoms with Crippen LogP contribution < -0.4 is 0 Å². The van der Waals surface area contributed by atoms with Gasteiger partial charge in [0.15, 0.2) is 15.6 Å². The number of hydrogen-bond acceptors (Lipinski definition) is 3. The zero-order valence-corrected chi connectivity index (χ0v) is 12.9. The molecule has 3 nitrogen and oxygen atoms in total. The summed E-state index contributed by atoms with van der Waals surface area (Å²) in [5.41, 5.74) is -0.384. The highest BCUT2D eigenvalue weighted by atomic mass is 79.9. The van der Waals surface area contributed by atoms with E-state index in [9.17, 15) is 22.0 Å². The van der Waals surface area contributed by atoms with Crippen LogP contribution in [0.15, 0.2) is 16.6 Å². The Labute approximate surface area is 124 Å². The van der Waals surface area contributed by atoms with E-state index in [1.807, 2.05) is 0 Å². The van der Waals surface area contributed by atoms with E-state index in [0.717, 1.165) is 6.07 Å².